The van der Waals surface area contributed by atoms with Gasteiger partial charge >= 0.3 is 0 Å². The van der Waals surface area contributed by atoms with E-state index in [0.29, 0.717) is 5.82 Å². The molecule has 3 aromatic heterocycles. The van der Waals surface area contributed by atoms with Gasteiger partial charge in [0.25, 0.3) is 0 Å². The van der Waals surface area contributed by atoms with Crippen LogP contribution in [0.25, 0.3) is 33.0 Å². The first-order chi connectivity index (χ1) is 17.2. The molecule has 1 amide bonds. The van der Waals surface area contributed by atoms with Crippen LogP contribution in [0.2, 0.25) is 0 Å². The number of ether oxygens (including phenoxy) is 1. The Morgan fingerprint density at radius 3 is 2.74 bits per heavy atom. The molecule has 174 valence electrons. The van der Waals surface area contributed by atoms with E-state index in [1.165, 1.54) is 4.88 Å². The maximum atomic E-state index is 12.4. The fourth-order valence-corrected chi connectivity index (χ4v) is 5.48. The van der Waals surface area contributed by atoms with E-state index < -0.39 is 0 Å². The van der Waals surface area contributed by atoms with Crippen molar-refractivity contribution in [2.45, 2.75) is 25.8 Å². The molecule has 1 aliphatic heterocycles. The predicted octanol–water partition coefficient (Wildman–Crippen LogP) is 6.83. The van der Waals surface area contributed by atoms with Crippen molar-refractivity contribution < 1.29 is 9.53 Å². The Morgan fingerprint density at radius 2 is 2.00 bits per heavy atom. The molecule has 1 aliphatic rings. The molecule has 6 nitrogen and oxygen atoms in total. The summed E-state index contributed by atoms with van der Waals surface area (Å²) in [6.45, 7) is 2.39. The highest BCUT2D eigenvalue weighted by atomic mass is 32.1. The first-order valence-corrected chi connectivity index (χ1v) is 12.6. The zero-order valence-corrected chi connectivity index (χ0v) is 20.1. The van der Waals surface area contributed by atoms with Gasteiger partial charge in [0.1, 0.15) is 17.2 Å². The Balaban J connectivity index is 1.41. The van der Waals surface area contributed by atoms with Gasteiger partial charge in [0.05, 0.1) is 17.1 Å². The van der Waals surface area contributed by atoms with Crippen LogP contribution >= 0.6 is 11.3 Å². The summed E-state index contributed by atoms with van der Waals surface area (Å²) in [6, 6.07) is 22.1. The van der Waals surface area contributed by atoms with Crippen LogP contribution in [0.5, 0.6) is 11.5 Å². The molecule has 1 unspecified atom stereocenters. The van der Waals surface area contributed by atoms with Gasteiger partial charge in [0.2, 0.25) is 5.91 Å². The van der Waals surface area contributed by atoms with Gasteiger partial charge in [0, 0.05) is 36.2 Å². The maximum Gasteiger partial charge on any atom is 0.219 e. The molecule has 7 heteroatoms. The van der Waals surface area contributed by atoms with Crippen LogP contribution in [0.1, 0.15) is 31.4 Å². The van der Waals surface area contributed by atoms with Crippen LogP contribution in [-0.2, 0) is 4.79 Å². The Labute approximate surface area is 207 Å². The van der Waals surface area contributed by atoms with Crippen molar-refractivity contribution in [2.24, 2.45) is 0 Å². The molecular formula is C28H24N4O2S. The molecule has 1 saturated heterocycles. The van der Waals surface area contributed by atoms with Crippen molar-refractivity contribution in [1.29, 1.82) is 0 Å². The maximum absolute atomic E-state index is 12.4. The van der Waals surface area contributed by atoms with Crippen LogP contribution in [-0.4, -0.2) is 32.3 Å². The lowest BCUT2D eigenvalue weighted by atomic mass is 10.0. The number of thiophene rings is 1. The van der Waals surface area contributed by atoms with Gasteiger partial charge in [-0.1, -0.05) is 12.1 Å². The summed E-state index contributed by atoms with van der Waals surface area (Å²) in [7, 11) is 0. The molecule has 4 heterocycles. The number of nitrogens with one attached hydrogen (secondary N) is 1. The third-order valence-electron chi connectivity index (χ3n) is 6.43. The summed E-state index contributed by atoms with van der Waals surface area (Å²) in [5.41, 5.74) is 4.63. The first kappa shape index (κ1) is 21.6. The molecule has 2 aromatic carbocycles. The highest BCUT2D eigenvalue weighted by molar-refractivity contribution is 7.13. The third-order valence-corrected chi connectivity index (χ3v) is 7.34. The fraction of sp³-hybridized carbons (Fsp3) is 0.179. The number of imidazole rings is 1. The summed E-state index contributed by atoms with van der Waals surface area (Å²) < 4.78 is 6.44. The zero-order valence-electron chi connectivity index (χ0n) is 19.3. The second kappa shape index (κ2) is 9.00. The van der Waals surface area contributed by atoms with Gasteiger partial charge in [-0.15, -0.1) is 11.3 Å². The Hall–Kier alpha value is -3.97. The average Bonchev–Trinajstić information content (AvgIpc) is 3.65. The molecule has 1 fully saturated rings. The monoisotopic (exact) mass is 480 g/mol. The number of pyridine rings is 1. The molecule has 0 radical (unpaired) electrons. The first-order valence-electron chi connectivity index (χ1n) is 11.7. The van der Waals surface area contributed by atoms with Crippen LogP contribution in [0.15, 0.2) is 78.3 Å². The lowest BCUT2D eigenvalue weighted by molar-refractivity contribution is -0.129. The minimum absolute atomic E-state index is 0.0288. The van der Waals surface area contributed by atoms with Crippen molar-refractivity contribution in [3.63, 3.8) is 0 Å². The van der Waals surface area contributed by atoms with Crippen LogP contribution < -0.4 is 4.74 Å². The van der Waals surface area contributed by atoms with Crippen molar-refractivity contribution in [3.8, 4) is 33.5 Å². The second-order valence-corrected chi connectivity index (χ2v) is 9.63. The van der Waals surface area contributed by atoms with Crippen molar-refractivity contribution in [1.82, 2.24) is 19.9 Å². The summed E-state index contributed by atoms with van der Waals surface area (Å²) in [4.78, 5) is 28.1. The van der Waals surface area contributed by atoms with Crippen LogP contribution in [0.3, 0.4) is 0 Å². The minimum atomic E-state index is -0.0288. The van der Waals surface area contributed by atoms with E-state index >= 15 is 0 Å². The molecule has 5 aromatic rings. The van der Waals surface area contributed by atoms with Gasteiger partial charge in [-0.05, 0) is 72.3 Å². The lowest BCUT2D eigenvalue weighted by Gasteiger charge is -2.25. The molecule has 1 atom stereocenters. The molecule has 0 saturated carbocycles. The molecular weight excluding hydrogens is 456 g/mol. The third kappa shape index (κ3) is 4.19. The summed E-state index contributed by atoms with van der Waals surface area (Å²) >= 11 is 1.71. The lowest BCUT2D eigenvalue weighted by Crippen LogP contribution is -2.28. The smallest absolute Gasteiger partial charge is 0.219 e. The summed E-state index contributed by atoms with van der Waals surface area (Å²) in [6.07, 6.45) is 3.63. The number of likely N-dealkylation sites (tertiary alicyclic amines) is 1. The molecule has 0 aliphatic carbocycles. The number of amides is 1. The van der Waals surface area contributed by atoms with E-state index in [4.69, 9.17) is 9.72 Å². The minimum Gasteiger partial charge on any atom is -0.457 e. The number of hydrogen-bond donors (Lipinski definition) is 1. The van der Waals surface area contributed by atoms with Crippen molar-refractivity contribution in [2.75, 3.05) is 6.54 Å². The van der Waals surface area contributed by atoms with Crippen molar-refractivity contribution in [3.05, 3.63) is 83.9 Å². The molecule has 6 rings (SSSR count). The normalized spacial score (nSPS) is 15.6. The predicted molar refractivity (Wildman–Crippen MR) is 139 cm³/mol. The SMILES string of the molecule is CC(=O)N1CCCC1c1cc2[nH]c(-c3ccccn3)nc2cc1Oc1ccc(-c2cccs2)cc1. The number of aromatic nitrogens is 3. The summed E-state index contributed by atoms with van der Waals surface area (Å²) in [5.74, 6) is 2.26. The van der Waals surface area contributed by atoms with E-state index in [0.717, 1.165) is 58.7 Å². The molecule has 0 spiro atoms. The number of nitrogens with zero attached hydrogens (tertiary/aromatic N) is 3. The van der Waals surface area contributed by atoms with Crippen molar-refractivity contribution >= 4 is 28.3 Å². The molecule has 1 N–H and O–H groups in total. The number of carbonyl (C=O) groups is 1. The number of carbonyl (C=O) groups excluding carboxylic acids is 1. The number of rotatable bonds is 5. The molecule has 0 bridgehead atoms. The fourth-order valence-electron chi connectivity index (χ4n) is 4.75. The van der Waals surface area contributed by atoms with E-state index in [2.05, 4.69) is 45.7 Å². The highest BCUT2D eigenvalue weighted by Gasteiger charge is 2.31. The van der Waals surface area contributed by atoms with Crippen LogP contribution in [0.4, 0.5) is 0 Å². The van der Waals surface area contributed by atoms with E-state index in [-0.39, 0.29) is 11.9 Å². The van der Waals surface area contributed by atoms with E-state index in [9.17, 15) is 4.79 Å². The number of hydrogen-bond acceptors (Lipinski definition) is 5. The largest absolute Gasteiger partial charge is 0.457 e. The quantitative estimate of drug-likeness (QED) is 0.299. The number of H-pyrrole nitrogens is 1. The zero-order chi connectivity index (χ0) is 23.8. The number of aromatic amines is 1. The Bertz CT molecular complexity index is 1480. The van der Waals surface area contributed by atoms with Gasteiger partial charge in [-0.3, -0.25) is 9.78 Å². The topological polar surface area (TPSA) is 71.1 Å². The standard InChI is InChI=1S/C28H24N4O2S/c1-18(33)32-14-4-7-25(32)21-16-23-24(31-28(30-23)22-6-2-3-13-29-22)17-26(21)34-20-11-9-19(10-12-20)27-8-5-15-35-27/h2-3,5-6,8-13,15-17,25H,4,7,14H2,1H3,(H,30,31). The summed E-state index contributed by atoms with van der Waals surface area (Å²) in [5, 5.41) is 2.08. The highest BCUT2D eigenvalue weighted by Crippen LogP contribution is 2.41. The van der Waals surface area contributed by atoms with Gasteiger partial charge in [-0.25, -0.2) is 4.98 Å². The number of fused-ring (bicyclic) bond motifs is 1. The average molecular weight is 481 g/mol. The Kier molecular flexibility index (Phi) is 5.54. The van der Waals surface area contributed by atoms with E-state index in [1.54, 1.807) is 24.5 Å². The van der Waals surface area contributed by atoms with E-state index in [1.807, 2.05) is 41.3 Å². The van der Waals surface area contributed by atoms with Crippen LogP contribution in [0, 0.1) is 0 Å². The molecule has 35 heavy (non-hydrogen) atoms. The van der Waals surface area contributed by atoms with Gasteiger partial charge in [0.15, 0.2) is 5.82 Å². The van der Waals surface area contributed by atoms with Gasteiger partial charge < -0.3 is 14.6 Å². The number of benzene rings is 2. The second-order valence-electron chi connectivity index (χ2n) is 8.68. The van der Waals surface area contributed by atoms with Gasteiger partial charge in [-0.2, -0.15) is 0 Å². The Morgan fingerprint density at radius 1 is 1.11 bits per heavy atom.